The molecule has 0 saturated carbocycles. The maximum absolute atomic E-state index is 12.8. The number of halogens is 7. The van der Waals surface area contributed by atoms with Crippen LogP contribution in [0.2, 0.25) is 30.1 Å². The summed E-state index contributed by atoms with van der Waals surface area (Å²) in [5.74, 6) is -1.63. The maximum Gasteiger partial charge on any atom is 0.340 e. The summed E-state index contributed by atoms with van der Waals surface area (Å²) in [6, 6.07) is 18.1. The molecule has 0 aliphatic carbocycles. The first kappa shape index (κ1) is 40.7. The van der Waals surface area contributed by atoms with Gasteiger partial charge in [-0.3, -0.25) is 9.59 Å². The Labute approximate surface area is 333 Å². The van der Waals surface area contributed by atoms with Crippen LogP contribution >= 0.6 is 85.5 Å². The molecule has 6 rings (SSSR count). The summed E-state index contributed by atoms with van der Waals surface area (Å²) < 4.78 is 9.32. The van der Waals surface area contributed by atoms with Gasteiger partial charge in [0.2, 0.25) is 0 Å². The first-order valence-electron chi connectivity index (χ1n) is 15.1. The van der Waals surface area contributed by atoms with Crippen LogP contribution in [0.25, 0.3) is 0 Å². The molecule has 2 heterocycles. The number of hydrogen-bond donors (Lipinski definition) is 1. The number of alkyl halides is 1. The van der Waals surface area contributed by atoms with Gasteiger partial charge in [0, 0.05) is 46.1 Å². The van der Waals surface area contributed by atoms with Gasteiger partial charge < -0.3 is 19.7 Å². The van der Waals surface area contributed by atoms with E-state index in [2.05, 4.69) is 26.0 Å². The van der Waals surface area contributed by atoms with Crippen LogP contribution in [0.5, 0.6) is 0 Å². The third kappa shape index (κ3) is 9.90. The lowest BCUT2D eigenvalue weighted by molar-refractivity contribution is 0.0591. The maximum atomic E-state index is 12.8. The van der Waals surface area contributed by atoms with Crippen LogP contribution in [0.15, 0.2) is 60.7 Å². The molecular weight excluding hydrogens is 849 g/mol. The van der Waals surface area contributed by atoms with Gasteiger partial charge in [0.25, 0.3) is 11.8 Å². The predicted molar refractivity (Wildman–Crippen MR) is 206 cm³/mol. The largest absolute Gasteiger partial charge is 0.465 e. The van der Waals surface area contributed by atoms with E-state index in [0.717, 1.165) is 15.9 Å². The minimum Gasteiger partial charge on any atom is -0.465 e. The Bertz CT molecular complexity index is 1990. The fraction of sp³-hybridized carbons (Fsp3) is 0.222. The van der Waals surface area contributed by atoms with Crippen molar-refractivity contribution in [1.82, 2.24) is 10.2 Å². The number of carbonyl (C=O) groups is 4. The molecule has 2 aliphatic rings. The zero-order valence-corrected chi connectivity index (χ0v) is 33.2. The third-order valence-electron chi connectivity index (χ3n) is 7.78. The van der Waals surface area contributed by atoms with E-state index >= 15 is 0 Å². The summed E-state index contributed by atoms with van der Waals surface area (Å²) in [6.07, 6.45) is 1.10. The molecule has 8 nitrogen and oxygen atoms in total. The summed E-state index contributed by atoms with van der Waals surface area (Å²) in [5.41, 5.74) is 4.45. The van der Waals surface area contributed by atoms with Crippen LogP contribution in [0.1, 0.15) is 63.7 Å². The highest BCUT2D eigenvalue weighted by molar-refractivity contribution is 9.08. The van der Waals surface area contributed by atoms with E-state index in [1.54, 1.807) is 11.0 Å². The van der Waals surface area contributed by atoms with Gasteiger partial charge in [-0.1, -0.05) is 110 Å². The van der Waals surface area contributed by atoms with E-state index in [-0.39, 0.29) is 43.0 Å². The van der Waals surface area contributed by atoms with E-state index in [0.29, 0.717) is 59.8 Å². The number of nitrogens with zero attached hydrogens (tertiary/aromatic N) is 1. The third-order valence-corrected chi connectivity index (χ3v) is 10.3. The fourth-order valence-corrected chi connectivity index (χ4v) is 7.51. The second-order valence-corrected chi connectivity index (χ2v) is 14.0. The molecule has 268 valence electrons. The number of methoxy groups -OCH3 is 2. The molecule has 0 bridgehead atoms. The van der Waals surface area contributed by atoms with Crippen LogP contribution in [-0.4, -0.2) is 56.0 Å². The number of carbonyl (C=O) groups excluding carboxylic acids is 4. The van der Waals surface area contributed by atoms with Crippen molar-refractivity contribution in [3.8, 4) is 0 Å². The van der Waals surface area contributed by atoms with Crippen LogP contribution < -0.4 is 5.32 Å². The number of nitrogens with one attached hydrogen (secondary N) is 1. The van der Waals surface area contributed by atoms with Crippen molar-refractivity contribution in [3.05, 3.63) is 135 Å². The number of benzene rings is 4. The van der Waals surface area contributed by atoms with Crippen LogP contribution in [0, 0.1) is 0 Å². The molecule has 0 unspecified atom stereocenters. The highest BCUT2D eigenvalue weighted by Crippen LogP contribution is 2.36. The normalized spacial score (nSPS) is 13.0. The van der Waals surface area contributed by atoms with Crippen molar-refractivity contribution in [1.29, 1.82) is 0 Å². The minimum absolute atomic E-state index is 0.0978. The second-order valence-electron chi connectivity index (χ2n) is 11.0. The molecule has 1 N–H and O–H groups in total. The highest BCUT2D eigenvalue weighted by atomic mass is 79.9. The van der Waals surface area contributed by atoms with Gasteiger partial charge in [0.1, 0.15) is 0 Å². The standard InChI is InChI=1S/C18H14Cl3NO3.C11H9Cl2NO3.C7H6BrCl/c1-25-18(24)15-14(20)8-13-12(16(15)21)5-6-22(17(13)23)9-10-3-2-4-11(19)7-10;1-17-11(16)8-7(12)4-6-5(9(8)13)2-3-14-10(6)15;8-5-6-2-1-3-7(9)4-6/h2-4,7-8H,5-6,9H2,1H3;4H,2-3H2,1H3,(H,14,15);1-4H,5H2. The molecule has 0 radical (unpaired) electrons. The number of fused-ring (bicyclic) bond motifs is 2. The zero-order valence-electron chi connectivity index (χ0n) is 27.1. The number of ether oxygens (including phenoxy) is 2. The molecule has 0 spiro atoms. The van der Waals surface area contributed by atoms with Gasteiger partial charge in [-0.2, -0.15) is 0 Å². The monoisotopic (exact) mass is 874 g/mol. The molecule has 0 fully saturated rings. The topological polar surface area (TPSA) is 102 Å². The van der Waals surface area contributed by atoms with Crippen LogP contribution in [0.3, 0.4) is 0 Å². The molecule has 2 amide bonds. The van der Waals surface area contributed by atoms with Crippen LogP contribution in [-0.2, 0) is 34.2 Å². The quantitative estimate of drug-likeness (QED) is 0.158. The Hall–Kier alpha value is -3.02. The van der Waals surface area contributed by atoms with Gasteiger partial charge >= 0.3 is 11.9 Å². The smallest absolute Gasteiger partial charge is 0.340 e. The first-order valence-corrected chi connectivity index (χ1v) is 18.5. The van der Waals surface area contributed by atoms with Crippen LogP contribution in [0.4, 0.5) is 0 Å². The van der Waals surface area contributed by atoms with E-state index in [4.69, 9.17) is 74.3 Å². The lowest BCUT2D eigenvalue weighted by atomic mass is 9.95. The fourth-order valence-electron chi connectivity index (χ4n) is 5.32. The molecule has 2 aliphatic heterocycles. The Balaban J connectivity index is 0.000000192. The lowest BCUT2D eigenvalue weighted by Gasteiger charge is -2.30. The predicted octanol–water partition coefficient (Wildman–Crippen LogP) is 9.93. The van der Waals surface area contributed by atoms with Gasteiger partial charge in [-0.25, -0.2) is 9.59 Å². The molecule has 4 aromatic rings. The molecule has 15 heteroatoms. The Morgan fingerprint density at radius 1 is 0.745 bits per heavy atom. The van der Waals surface area contributed by atoms with Crippen molar-refractivity contribution in [2.45, 2.75) is 24.7 Å². The molecule has 4 aromatic carbocycles. The average Bonchev–Trinajstić information content (AvgIpc) is 3.10. The Morgan fingerprint density at radius 3 is 1.76 bits per heavy atom. The van der Waals surface area contributed by atoms with E-state index in [9.17, 15) is 19.2 Å². The SMILES string of the molecule is COC(=O)c1c(Cl)cc2c(c1Cl)CCN(Cc1cccc(Cl)c1)C2=O.COC(=O)c1c(Cl)cc2c(c1Cl)CCNC2=O.Clc1cccc(CBr)c1. The first-order chi connectivity index (χ1) is 24.3. The minimum atomic E-state index is -0.619. The van der Waals surface area contributed by atoms with E-state index in [1.165, 1.54) is 31.9 Å². The molecule has 0 saturated heterocycles. The summed E-state index contributed by atoms with van der Waals surface area (Å²) in [4.78, 5) is 49.5. The molecule has 0 aromatic heterocycles. The summed E-state index contributed by atoms with van der Waals surface area (Å²) >= 11 is 39.6. The van der Waals surface area contributed by atoms with Crippen molar-refractivity contribution in [2.75, 3.05) is 27.3 Å². The number of rotatable bonds is 5. The van der Waals surface area contributed by atoms with Gasteiger partial charge in [0.15, 0.2) is 0 Å². The van der Waals surface area contributed by atoms with Gasteiger partial charge in [0.05, 0.1) is 45.4 Å². The molecular formula is C36H29BrCl6N2O6. The van der Waals surface area contributed by atoms with Crippen molar-refractivity contribution in [3.63, 3.8) is 0 Å². The van der Waals surface area contributed by atoms with Crippen molar-refractivity contribution < 1.29 is 28.7 Å². The summed E-state index contributed by atoms with van der Waals surface area (Å²) in [6.45, 7) is 1.42. The summed E-state index contributed by atoms with van der Waals surface area (Å²) in [7, 11) is 2.51. The summed E-state index contributed by atoms with van der Waals surface area (Å²) in [5, 5.41) is 5.59. The number of amides is 2. The lowest BCUT2D eigenvalue weighted by Crippen LogP contribution is -2.37. The van der Waals surface area contributed by atoms with Crippen molar-refractivity contribution in [2.24, 2.45) is 0 Å². The number of hydrogen-bond acceptors (Lipinski definition) is 6. The van der Waals surface area contributed by atoms with Crippen molar-refractivity contribution >= 4 is 109 Å². The zero-order chi connectivity index (χ0) is 37.4. The number of esters is 2. The average molecular weight is 878 g/mol. The molecule has 51 heavy (non-hydrogen) atoms. The Kier molecular flexibility index (Phi) is 14.9. The second kappa shape index (κ2) is 18.6. The highest BCUT2D eigenvalue weighted by Gasteiger charge is 2.31. The van der Waals surface area contributed by atoms with E-state index < -0.39 is 11.9 Å². The Morgan fingerprint density at radius 2 is 1.25 bits per heavy atom. The molecule has 0 atom stereocenters. The van der Waals surface area contributed by atoms with Gasteiger partial charge in [-0.15, -0.1) is 0 Å². The van der Waals surface area contributed by atoms with E-state index in [1.807, 2.05) is 42.5 Å². The van der Waals surface area contributed by atoms with Gasteiger partial charge in [-0.05, 0) is 71.5 Å².